The van der Waals surface area contributed by atoms with E-state index in [4.69, 9.17) is 22.2 Å². The number of para-hydroxylation sites is 2. The number of hydrogen-bond acceptors (Lipinski definition) is 3. The number of imidazole rings is 1. The third kappa shape index (κ3) is 1.87. The Morgan fingerprint density at radius 2 is 2.05 bits per heavy atom. The molecule has 0 aliphatic rings. The highest BCUT2D eigenvalue weighted by molar-refractivity contribution is 7.71. The zero-order valence-corrected chi connectivity index (χ0v) is 11.6. The molecule has 1 heterocycles. The zero-order valence-electron chi connectivity index (χ0n) is 10.8. The number of methoxy groups -OCH3 is 1. The molecule has 0 spiro atoms. The number of aromatic nitrogens is 2. The fourth-order valence-corrected chi connectivity index (χ4v) is 2.53. The Hall–Kier alpha value is -2.58. The Balaban J connectivity index is 2.34. The van der Waals surface area contributed by atoms with Crippen LogP contribution in [0.4, 0.5) is 0 Å². The molecule has 0 saturated heterocycles. The third-order valence-corrected chi connectivity index (χ3v) is 3.42. The SMILES string of the molecule is COc1cc(C#N)ccc1-n1c(=S)[nH]c2ccccc21. The van der Waals surface area contributed by atoms with Crippen molar-refractivity contribution in [2.24, 2.45) is 0 Å². The van der Waals surface area contributed by atoms with Crippen LogP contribution >= 0.6 is 12.2 Å². The summed E-state index contributed by atoms with van der Waals surface area (Å²) >= 11 is 5.39. The highest BCUT2D eigenvalue weighted by Gasteiger charge is 2.11. The number of H-pyrrole nitrogens is 1. The van der Waals surface area contributed by atoms with Crippen molar-refractivity contribution in [3.05, 3.63) is 52.8 Å². The van der Waals surface area contributed by atoms with Crippen LogP contribution in [0.15, 0.2) is 42.5 Å². The van der Waals surface area contributed by atoms with Crippen molar-refractivity contribution in [2.75, 3.05) is 7.11 Å². The second kappa shape index (κ2) is 4.83. The maximum absolute atomic E-state index is 8.97. The Morgan fingerprint density at radius 3 is 2.80 bits per heavy atom. The molecule has 5 heteroatoms. The van der Waals surface area contributed by atoms with Crippen molar-refractivity contribution >= 4 is 23.3 Å². The highest BCUT2D eigenvalue weighted by Crippen LogP contribution is 2.28. The van der Waals surface area contributed by atoms with Gasteiger partial charge in [0.25, 0.3) is 0 Å². The Labute approximate surface area is 120 Å². The van der Waals surface area contributed by atoms with E-state index in [9.17, 15) is 0 Å². The molecule has 0 aliphatic heterocycles. The van der Waals surface area contributed by atoms with Crippen molar-refractivity contribution in [3.8, 4) is 17.5 Å². The quantitative estimate of drug-likeness (QED) is 0.731. The Kier molecular flexibility index (Phi) is 3.01. The van der Waals surface area contributed by atoms with E-state index in [1.807, 2.05) is 34.9 Å². The number of aromatic amines is 1. The fraction of sp³-hybridized carbons (Fsp3) is 0.0667. The molecule has 3 rings (SSSR count). The van der Waals surface area contributed by atoms with E-state index in [-0.39, 0.29) is 0 Å². The minimum atomic E-state index is 0.553. The van der Waals surface area contributed by atoms with Gasteiger partial charge in [-0.2, -0.15) is 5.26 Å². The molecule has 0 amide bonds. The molecule has 1 N–H and O–H groups in total. The second-order valence-electron chi connectivity index (χ2n) is 4.28. The van der Waals surface area contributed by atoms with Crippen LogP contribution in [-0.2, 0) is 0 Å². The summed E-state index contributed by atoms with van der Waals surface area (Å²) in [6.07, 6.45) is 0. The first kappa shape index (κ1) is 12.5. The normalized spacial score (nSPS) is 10.4. The molecule has 0 fully saturated rings. The van der Waals surface area contributed by atoms with Gasteiger partial charge in [0.05, 0.1) is 35.5 Å². The lowest BCUT2D eigenvalue weighted by Crippen LogP contribution is -1.98. The van der Waals surface area contributed by atoms with Gasteiger partial charge in [-0.1, -0.05) is 12.1 Å². The molecule has 4 nitrogen and oxygen atoms in total. The molecule has 0 unspecified atom stereocenters. The number of nitrogens with one attached hydrogen (secondary N) is 1. The summed E-state index contributed by atoms with van der Waals surface area (Å²) in [5.41, 5.74) is 3.30. The first-order chi connectivity index (χ1) is 9.74. The Morgan fingerprint density at radius 1 is 1.25 bits per heavy atom. The van der Waals surface area contributed by atoms with Gasteiger partial charge in [-0.15, -0.1) is 0 Å². The van der Waals surface area contributed by atoms with Gasteiger partial charge in [0.1, 0.15) is 5.75 Å². The van der Waals surface area contributed by atoms with Gasteiger partial charge < -0.3 is 9.72 Å². The zero-order chi connectivity index (χ0) is 14.1. The van der Waals surface area contributed by atoms with E-state index < -0.39 is 0 Å². The number of ether oxygens (including phenoxy) is 1. The average molecular weight is 281 g/mol. The average Bonchev–Trinajstić information content (AvgIpc) is 2.82. The summed E-state index contributed by atoms with van der Waals surface area (Å²) in [7, 11) is 1.58. The fourth-order valence-electron chi connectivity index (χ4n) is 2.23. The molecule has 98 valence electrons. The molecule has 2 aromatic carbocycles. The molecule has 0 saturated carbocycles. The van der Waals surface area contributed by atoms with Gasteiger partial charge in [-0.25, -0.2) is 0 Å². The topological polar surface area (TPSA) is 53.7 Å². The van der Waals surface area contributed by atoms with Gasteiger partial charge >= 0.3 is 0 Å². The molecule has 0 radical (unpaired) electrons. The number of rotatable bonds is 2. The van der Waals surface area contributed by atoms with Crippen LogP contribution in [0, 0.1) is 16.1 Å². The number of benzene rings is 2. The Bertz CT molecular complexity index is 886. The van der Waals surface area contributed by atoms with Crippen molar-refractivity contribution in [2.45, 2.75) is 0 Å². The molecular weight excluding hydrogens is 270 g/mol. The maximum Gasteiger partial charge on any atom is 0.182 e. The number of fused-ring (bicyclic) bond motifs is 1. The highest BCUT2D eigenvalue weighted by atomic mass is 32.1. The number of nitrogens with zero attached hydrogens (tertiary/aromatic N) is 2. The van der Waals surface area contributed by atoms with Gasteiger partial charge in [0.15, 0.2) is 4.77 Å². The lowest BCUT2D eigenvalue weighted by atomic mass is 10.2. The van der Waals surface area contributed by atoms with E-state index in [1.165, 1.54) is 0 Å². The van der Waals surface area contributed by atoms with Crippen LogP contribution in [0.1, 0.15) is 5.56 Å². The second-order valence-corrected chi connectivity index (χ2v) is 4.67. The summed E-state index contributed by atoms with van der Waals surface area (Å²) < 4.78 is 7.88. The van der Waals surface area contributed by atoms with Crippen LogP contribution in [-0.4, -0.2) is 16.7 Å². The van der Waals surface area contributed by atoms with E-state index in [2.05, 4.69) is 11.1 Å². The van der Waals surface area contributed by atoms with Gasteiger partial charge in [0.2, 0.25) is 0 Å². The minimum absolute atomic E-state index is 0.553. The first-order valence-corrected chi connectivity index (χ1v) is 6.43. The molecule has 1 aromatic heterocycles. The van der Waals surface area contributed by atoms with Gasteiger partial charge in [-0.3, -0.25) is 4.57 Å². The third-order valence-electron chi connectivity index (χ3n) is 3.14. The van der Waals surface area contributed by atoms with Gasteiger partial charge in [-0.05, 0) is 36.5 Å². The summed E-state index contributed by atoms with van der Waals surface area (Å²) in [5, 5.41) is 8.97. The van der Waals surface area contributed by atoms with Gasteiger partial charge in [0, 0.05) is 6.07 Å². The van der Waals surface area contributed by atoms with Crippen molar-refractivity contribution in [1.82, 2.24) is 9.55 Å². The van der Waals surface area contributed by atoms with E-state index in [1.54, 1.807) is 19.2 Å². The summed E-state index contributed by atoms with van der Waals surface area (Å²) in [4.78, 5) is 3.16. The van der Waals surface area contributed by atoms with Crippen LogP contribution < -0.4 is 4.74 Å². The molecule has 0 bridgehead atoms. The largest absolute Gasteiger partial charge is 0.495 e. The van der Waals surface area contributed by atoms with Crippen molar-refractivity contribution < 1.29 is 4.74 Å². The van der Waals surface area contributed by atoms with Crippen molar-refractivity contribution in [3.63, 3.8) is 0 Å². The van der Waals surface area contributed by atoms with E-state index in [0.29, 0.717) is 16.1 Å². The smallest absolute Gasteiger partial charge is 0.182 e. The summed E-state index contributed by atoms with van der Waals surface area (Å²) in [5.74, 6) is 0.616. The lowest BCUT2D eigenvalue weighted by Gasteiger charge is -2.10. The summed E-state index contributed by atoms with van der Waals surface area (Å²) in [6, 6.07) is 15.3. The number of hydrogen-bond donors (Lipinski definition) is 1. The summed E-state index contributed by atoms with van der Waals surface area (Å²) in [6.45, 7) is 0. The predicted octanol–water partition coefficient (Wildman–Crippen LogP) is 3.57. The molecular formula is C15H11N3OS. The van der Waals surface area contributed by atoms with Crippen LogP contribution in [0.3, 0.4) is 0 Å². The number of nitriles is 1. The minimum Gasteiger partial charge on any atom is -0.495 e. The predicted molar refractivity (Wildman–Crippen MR) is 79.7 cm³/mol. The van der Waals surface area contributed by atoms with Crippen LogP contribution in [0.25, 0.3) is 16.7 Å². The van der Waals surface area contributed by atoms with Crippen LogP contribution in [0.5, 0.6) is 5.75 Å². The molecule has 20 heavy (non-hydrogen) atoms. The molecule has 0 atom stereocenters. The standard InChI is InChI=1S/C15H11N3OS/c1-19-14-8-10(9-16)6-7-13(14)18-12-5-3-2-4-11(12)17-15(18)20/h2-8H,1H3,(H,17,20). The first-order valence-electron chi connectivity index (χ1n) is 6.03. The van der Waals surface area contributed by atoms with Crippen LogP contribution in [0.2, 0.25) is 0 Å². The molecule has 0 aliphatic carbocycles. The lowest BCUT2D eigenvalue weighted by molar-refractivity contribution is 0.413. The molecule has 3 aromatic rings. The maximum atomic E-state index is 8.97. The van der Waals surface area contributed by atoms with Crippen molar-refractivity contribution in [1.29, 1.82) is 5.26 Å². The monoisotopic (exact) mass is 281 g/mol. The van der Waals surface area contributed by atoms with E-state index >= 15 is 0 Å². The van der Waals surface area contributed by atoms with E-state index in [0.717, 1.165) is 16.7 Å².